The standard InChI is InChI=1S/C15H23N3/c1-11-8-13(17-10-12(11)9-16)18(14(2,3)4)15(5,6)7/h8,10H,1-7H3. The first-order valence-electron chi connectivity index (χ1n) is 6.24. The van der Waals surface area contributed by atoms with Gasteiger partial charge in [-0.15, -0.1) is 0 Å². The topological polar surface area (TPSA) is 39.9 Å². The van der Waals surface area contributed by atoms with Crippen LogP contribution in [0.1, 0.15) is 52.7 Å². The molecule has 0 saturated carbocycles. The van der Waals surface area contributed by atoms with Gasteiger partial charge in [0.05, 0.1) is 5.56 Å². The van der Waals surface area contributed by atoms with Crippen molar-refractivity contribution in [3.8, 4) is 6.07 Å². The van der Waals surface area contributed by atoms with Gasteiger partial charge in [-0.25, -0.2) is 4.98 Å². The van der Waals surface area contributed by atoms with Crippen molar-refractivity contribution in [3.63, 3.8) is 0 Å². The summed E-state index contributed by atoms with van der Waals surface area (Å²) >= 11 is 0. The van der Waals surface area contributed by atoms with Crippen molar-refractivity contribution in [3.05, 3.63) is 23.4 Å². The van der Waals surface area contributed by atoms with Crippen LogP contribution in [0.15, 0.2) is 12.3 Å². The molecule has 0 N–H and O–H groups in total. The Kier molecular flexibility index (Phi) is 3.71. The molecule has 1 aromatic heterocycles. The van der Waals surface area contributed by atoms with E-state index in [9.17, 15) is 0 Å². The Bertz CT molecular complexity index is 456. The van der Waals surface area contributed by atoms with Crippen LogP contribution in [-0.4, -0.2) is 16.1 Å². The molecule has 0 amide bonds. The maximum atomic E-state index is 8.96. The number of anilines is 1. The fourth-order valence-corrected chi connectivity index (χ4v) is 2.47. The molecule has 0 aliphatic carbocycles. The highest BCUT2D eigenvalue weighted by molar-refractivity contribution is 5.50. The lowest BCUT2D eigenvalue weighted by molar-refractivity contribution is 0.377. The molecule has 3 nitrogen and oxygen atoms in total. The minimum atomic E-state index is -0.0220. The Labute approximate surface area is 110 Å². The van der Waals surface area contributed by atoms with E-state index >= 15 is 0 Å². The molecule has 0 aromatic carbocycles. The van der Waals surface area contributed by atoms with Crippen LogP contribution in [0.3, 0.4) is 0 Å². The van der Waals surface area contributed by atoms with E-state index in [-0.39, 0.29) is 11.1 Å². The second-order valence-electron chi connectivity index (χ2n) is 6.65. The third-order valence-corrected chi connectivity index (χ3v) is 2.79. The van der Waals surface area contributed by atoms with Crippen molar-refractivity contribution in [2.24, 2.45) is 0 Å². The first kappa shape index (κ1) is 14.5. The van der Waals surface area contributed by atoms with Crippen LogP contribution in [0.5, 0.6) is 0 Å². The molecule has 3 heteroatoms. The van der Waals surface area contributed by atoms with Crippen molar-refractivity contribution in [2.45, 2.75) is 59.5 Å². The van der Waals surface area contributed by atoms with E-state index in [1.54, 1.807) is 6.20 Å². The summed E-state index contributed by atoms with van der Waals surface area (Å²) in [5.74, 6) is 0.923. The Morgan fingerprint density at radius 1 is 1.11 bits per heavy atom. The van der Waals surface area contributed by atoms with Crippen LogP contribution >= 0.6 is 0 Å². The zero-order valence-corrected chi connectivity index (χ0v) is 12.5. The Hall–Kier alpha value is -1.56. The molecule has 0 saturated heterocycles. The van der Waals surface area contributed by atoms with Gasteiger partial charge in [-0.1, -0.05) is 0 Å². The first-order valence-corrected chi connectivity index (χ1v) is 6.24. The van der Waals surface area contributed by atoms with Gasteiger partial charge in [-0.05, 0) is 60.1 Å². The summed E-state index contributed by atoms with van der Waals surface area (Å²) in [6.45, 7) is 15.0. The predicted molar refractivity (Wildman–Crippen MR) is 75.7 cm³/mol. The Balaban J connectivity index is 3.33. The van der Waals surface area contributed by atoms with Crippen LogP contribution in [0.2, 0.25) is 0 Å². The lowest BCUT2D eigenvalue weighted by Gasteiger charge is -2.46. The van der Waals surface area contributed by atoms with E-state index in [0.29, 0.717) is 5.56 Å². The highest BCUT2D eigenvalue weighted by Gasteiger charge is 2.32. The smallest absolute Gasteiger partial charge is 0.129 e. The molecule has 0 aliphatic rings. The van der Waals surface area contributed by atoms with Gasteiger partial charge in [0.1, 0.15) is 11.9 Å². The van der Waals surface area contributed by atoms with Crippen LogP contribution in [0.25, 0.3) is 0 Å². The van der Waals surface area contributed by atoms with Gasteiger partial charge in [0.15, 0.2) is 0 Å². The minimum Gasteiger partial charge on any atom is -0.347 e. The summed E-state index contributed by atoms with van der Waals surface area (Å²) in [4.78, 5) is 6.73. The second kappa shape index (κ2) is 4.61. The van der Waals surface area contributed by atoms with Crippen molar-refractivity contribution < 1.29 is 0 Å². The maximum Gasteiger partial charge on any atom is 0.129 e. The minimum absolute atomic E-state index is 0.0220. The number of rotatable bonds is 1. The monoisotopic (exact) mass is 245 g/mol. The molecule has 0 spiro atoms. The molecule has 0 unspecified atom stereocenters. The molecule has 1 heterocycles. The molecular weight excluding hydrogens is 222 g/mol. The third-order valence-electron chi connectivity index (χ3n) is 2.79. The van der Waals surface area contributed by atoms with Crippen molar-refractivity contribution in [1.29, 1.82) is 5.26 Å². The Morgan fingerprint density at radius 3 is 1.94 bits per heavy atom. The van der Waals surface area contributed by atoms with Gasteiger partial charge >= 0.3 is 0 Å². The quantitative estimate of drug-likeness (QED) is 0.758. The highest BCUT2D eigenvalue weighted by atomic mass is 15.3. The van der Waals surface area contributed by atoms with E-state index in [0.717, 1.165) is 11.4 Å². The molecule has 0 atom stereocenters. The van der Waals surface area contributed by atoms with Gasteiger partial charge in [0.2, 0.25) is 0 Å². The molecule has 0 fully saturated rings. The van der Waals surface area contributed by atoms with E-state index in [2.05, 4.69) is 57.5 Å². The number of aromatic nitrogens is 1. The summed E-state index contributed by atoms with van der Waals surface area (Å²) in [5.41, 5.74) is 1.57. The average molecular weight is 245 g/mol. The van der Waals surface area contributed by atoms with Crippen LogP contribution in [0.4, 0.5) is 5.82 Å². The van der Waals surface area contributed by atoms with Gasteiger partial charge in [-0.3, -0.25) is 0 Å². The van der Waals surface area contributed by atoms with Crippen molar-refractivity contribution in [1.82, 2.24) is 4.98 Å². The van der Waals surface area contributed by atoms with Crippen LogP contribution in [0, 0.1) is 18.3 Å². The summed E-state index contributed by atoms with van der Waals surface area (Å²) < 4.78 is 0. The number of hydrogen-bond acceptors (Lipinski definition) is 3. The number of nitrogens with zero attached hydrogens (tertiary/aromatic N) is 3. The average Bonchev–Trinajstić information content (AvgIpc) is 2.13. The summed E-state index contributed by atoms with van der Waals surface area (Å²) in [5, 5.41) is 8.96. The van der Waals surface area contributed by atoms with Crippen LogP contribution < -0.4 is 4.90 Å². The van der Waals surface area contributed by atoms with E-state index in [1.807, 2.05) is 13.0 Å². The van der Waals surface area contributed by atoms with E-state index < -0.39 is 0 Å². The molecule has 18 heavy (non-hydrogen) atoms. The van der Waals surface area contributed by atoms with E-state index in [4.69, 9.17) is 5.26 Å². The largest absolute Gasteiger partial charge is 0.347 e. The van der Waals surface area contributed by atoms with Gasteiger partial charge in [0, 0.05) is 17.3 Å². The van der Waals surface area contributed by atoms with Crippen LogP contribution in [-0.2, 0) is 0 Å². The van der Waals surface area contributed by atoms with Gasteiger partial charge in [0.25, 0.3) is 0 Å². The fourth-order valence-electron chi connectivity index (χ4n) is 2.47. The predicted octanol–water partition coefficient (Wildman–Crippen LogP) is 3.67. The van der Waals surface area contributed by atoms with Gasteiger partial charge in [-0.2, -0.15) is 5.26 Å². The Morgan fingerprint density at radius 2 is 1.61 bits per heavy atom. The SMILES string of the molecule is Cc1cc(N(C(C)(C)C)C(C)(C)C)ncc1C#N. The van der Waals surface area contributed by atoms with Crippen molar-refractivity contribution in [2.75, 3.05) is 4.90 Å². The number of nitriles is 1. The number of hydrogen-bond donors (Lipinski definition) is 0. The van der Waals surface area contributed by atoms with Gasteiger partial charge < -0.3 is 4.90 Å². The lowest BCUT2D eigenvalue weighted by atomic mass is 9.95. The van der Waals surface area contributed by atoms with E-state index in [1.165, 1.54) is 0 Å². The normalized spacial score (nSPS) is 12.1. The lowest BCUT2D eigenvalue weighted by Crippen LogP contribution is -2.53. The number of pyridine rings is 1. The maximum absolute atomic E-state index is 8.96. The highest BCUT2D eigenvalue weighted by Crippen LogP contribution is 2.31. The molecular formula is C15H23N3. The second-order valence-corrected chi connectivity index (χ2v) is 6.65. The summed E-state index contributed by atoms with van der Waals surface area (Å²) in [6, 6.07) is 4.15. The molecule has 1 aromatic rings. The zero-order valence-electron chi connectivity index (χ0n) is 12.5. The third kappa shape index (κ3) is 3.01. The van der Waals surface area contributed by atoms with Crippen molar-refractivity contribution >= 4 is 5.82 Å². The molecule has 0 aliphatic heterocycles. The summed E-state index contributed by atoms with van der Waals surface area (Å²) in [6.07, 6.45) is 1.66. The molecule has 0 radical (unpaired) electrons. The zero-order chi connectivity index (χ0) is 14.1. The summed E-state index contributed by atoms with van der Waals surface area (Å²) in [7, 11) is 0. The first-order chi connectivity index (χ1) is 8.07. The number of aryl methyl sites for hydroxylation is 1. The fraction of sp³-hybridized carbons (Fsp3) is 0.600. The molecule has 1 rings (SSSR count). The molecule has 98 valence electrons. The molecule has 0 bridgehead atoms.